The van der Waals surface area contributed by atoms with Crippen LogP contribution >= 0.6 is 0 Å². The minimum Gasteiger partial charge on any atom is -0.485 e. The van der Waals surface area contributed by atoms with Crippen molar-refractivity contribution in [2.45, 2.75) is 44.2 Å². The fraction of sp³-hybridized carbons (Fsp3) is 0.269. The van der Waals surface area contributed by atoms with E-state index in [4.69, 9.17) is 4.74 Å². The zero-order valence-corrected chi connectivity index (χ0v) is 18.5. The summed E-state index contributed by atoms with van der Waals surface area (Å²) in [7, 11) is 0. The number of ether oxygens (including phenoxy) is 1. The second-order valence-corrected chi connectivity index (χ2v) is 8.90. The summed E-state index contributed by atoms with van der Waals surface area (Å²) in [5.74, 6) is 0.846. The van der Waals surface area contributed by atoms with Gasteiger partial charge in [0.05, 0.1) is 17.3 Å². The van der Waals surface area contributed by atoms with Crippen LogP contribution in [0.25, 0.3) is 22.0 Å². The monoisotopic (exact) mass is 453 g/mol. The van der Waals surface area contributed by atoms with Crippen molar-refractivity contribution in [1.82, 2.24) is 25.5 Å². The summed E-state index contributed by atoms with van der Waals surface area (Å²) in [4.78, 5) is 33.4. The Kier molecular flexibility index (Phi) is 5.05. The number of rotatable bonds is 3. The zero-order valence-electron chi connectivity index (χ0n) is 18.5. The van der Waals surface area contributed by atoms with Crippen molar-refractivity contribution in [3.8, 4) is 17.0 Å². The van der Waals surface area contributed by atoms with E-state index in [1.165, 1.54) is 6.33 Å². The Morgan fingerprint density at radius 1 is 1.06 bits per heavy atom. The summed E-state index contributed by atoms with van der Waals surface area (Å²) in [6.07, 6.45) is 6.70. The van der Waals surface area contributed by atoms with Crippen LogP contribution in [-0.4, -0.2) is 32.1 Å². The number of fused-ring (bicyclic) bond motifs is 4. The van der Waals surface area contributed by atoms with E-state index in [9.17, 15) is 9.59 Å². The van der Waals surface area contributed by atoms with E-state index in [2.05, 4.69) is 25.5 Å². The average Bonchev–Trinajstić information content (AvgIpc) is 2.89. The normalized spacial score (nSPS) is 19.1. The van der Waals surface area contributed by atoms with Crippen LogP contribution in [0, 0.1) is 0 Å². The first kappa shape index (κ1) is 20.5. The molecule has 0 unspecified atom stereocenters. The van der Waals surface area contributed by atoms with Gasteiger partial charge in [0.25, 0.3) is 11.5 Å². The number of carbonyl (C=O) groups excluding carboxylic acids is 1. The van der Waals surface area contributed by atoms with Crippen LogP contribution in [0.3, 0.4) is 0 Å². The number of nitrogens with zero attached hydrogens (tertiary/aromatic N) is 3. The molecule has 0 saturated heterocycles. The van der Waals surface area contributed by atoms with Crippen LogP contribution in [0.5, 0.6) is 5.75 Å². The smallest absolute Gasteiger partial charge is 0.272 e. The predicted molar refractivity (Wildman–Crippen MR) is 127 cm³/mol. The lowest BCUT2D eigenvalue weighted by Gasteiger charge is -2.29. The SMILES string of the molecule is O=C(N[C@H]1CC[C@H](c2n[nH]c(=O)c3ccccc32)CC1)c1ccc2c(c1)COc1cncnc1-2. The molecule has 2 aromatic carbocycles. The van der Waals surface area contributed by atoms with Crippen molar-refractivity contribution < 1.29 is 9.53 Å². The van der Waals surface area contributed by atoms with Crippen LogP contribution < -0.4 is 15.6 Å². The van der Waals surface area contributed by atoms with Crippen molar-refractivity contribution in [3.05, 3.63) is 82.2 Å². The third kappa shape index (κ3) is 3.61. The molecule has 8 heteroatoms. The third-order valence-corrected chi connectivity index (χ3v) is 6.86. The van der Waals surface area contributed by atoms with Gasteiger partial charge in [-0.15, -0.1) is 0 Å². The highest BCUT2D eigenvalue weighted by molar-refractivity contribution is 5.95. The number of aromatic nitrogens is 4. The molecule has 0 radical (unpaired) electrons. The molecule has 1 aliphatic carbocycles. The lowest BCUT2D eigenvalue weighted by Crippen LogP contribution is -2.37. The number of carbonyl (C=O) groups is 1. The Morgan fingerprint density at radius 2 is 1.88 bits per heavy atom. The Labute approximate surface area is 195 Å². The van der Waals surface area contributed by atoms with Crippen molar-refractivity contribution in [2.75, 3.05) is 0 Å². The molecule has 1 aliphatic heterocycles. The molecule has 0 atom stereocenters. The summed E-state index contributed by atoms with van der Waals surface area (Å²) in [5, 5.41) is 11.8. The number of amides is 1. The Morgan fingerprint density at radius 3 is 2.74 bits per heavy atom. The lowest BCUT2D eigenvalue weighted by atomic mass is 9.82. The van der Waals surface area contributed by atoms with Crippen LogP contribution in [0.1, 0.15) is 53.2 Å². The Bertz CT molecular complexity index is 1460. The predicted octanol–water partition coefficient (Wildman–Crippen LogP) is 3.73. The average molecular weight is 454 g/mol. The van der Waals surface area contributed by atoms with Gasteiger partial charge >= 0.3 is 0 Å². The molecule has 1 amide bonds. The fourth-order valence-electron chi connectivity index (χ4n) is 5.09. The van der Waals surface area contributed by atoms with Crippen molar-refractivity contribution in [1.29, 1.82) is 0 Å². The van der Waals surface area contributed by atoms with Crippen molar-refractivity contribution >= 4 is 16.7 Å². The van der Waals surface area contributed by atoms with E-state index in [-0.39, 0.29) is 23.4 Å². The van der Waals surface area contributed by atoms with Crippen molar-refractivity contribution in [2.24, 2.45) is 0 Å². The first-order valence-corrected chi connectivity index (χ1v) is 11.5. The van der Waals surface area contributed by atoms with Gasteiger partial charge in [0.2, 0.25) is 0 Å². The largest absolute Gasteiger partial charge is 0.485 e. The summed E-state index contributed by atoms with van der Waals surface area (Å²) in [6.45, 7) is 0.391. The van der Waals surface area contributed by atoms with E-state index in [0.717, 1.165) is 53.6 Å². The highest BCUT2D eigenvalue weighted by atomic mass is 16.5. The number of hydrogen-bond donors (Lipinski definition) is 2. The van der Waals surface area contributed by atoms with Gasteiger partial charge in [-0.2, -0.15) is 5.10 Å². The van der Waals surface area contributed by atoms with Gasteiger partial charge in [-0.1, -0.05) is 24.3 Å². The fourth-order valence-corrected chi connectivity index (χ4v) is 5.09. The number of H-pyrrole nitrogens is 1. The summed E-state index contributed by atoms with van der Waals surface area (Å²) in [5.41, 5.74) is 4.07. The molecule has 170 valence electrons. The number of hydrogen-bond acceptors (Lipinski definition) is 6. The molecule has 3 heterocycles. The van der Waals surface area contributed by atoms with E-state index in [0.29, 0.717) is 23.3 Å². The molecule has 2 N–H and O–H groups in total. The van der Waals surface area contributed by atoms with Crippen molar-refractivity contribution in [3.63, 3.8) is 0 Å². The molecule has 2 aliphatic rings. The molecule has 0 spiro atoms. The van der Waals surface area contributed by atoms with Crippen LogP contribution in [0.15, 0.2) is 59.8 Å². The molecule has 1 saturated carbocycles. The zero-order chi connectivity index (χ0) is 23.1. The summed E-state index contributed by atoms with van der Waals surface area (Å²) in [6, 6.07) is 13.4. The van der Waals surface area contributed by atoms with Crippen LogP contribution in [-0.2, 0) is 6.61 Å². The van der Waals surface area contributed by atoms with Crippen LogP contribution in [0.2, 0.25) is 0 Å². The lowest BCUT2D eigenvalue weighted by molar-refractivity contribution is 0.0925. The molecule has 1 fully saturated rings. The van der Waals surface area contributed by atoms with Gasteiger partial charge in [-0.05, 0) is 49.4 Å². The summed E-state index contributed by atoms with van der Waals surface area (Å²) < 4.78 is 5.74. The molecule has 0 bridgehead atoms. The minimum atomic E-state index is -0.160. The molecule has 6 rings (SSSR count). The maximum atomic E-state index is 13.0. The third-order valence-electron chi connectivity index (χ3n) is 6.86. The van der Waals surface area contributed by atoms with Gasteiger partial charge < -0.3 is 10.1 Å². The highest BCUT2D eigenvalue weighted by Gasteiger charge is 2.27. The standard InChI is InChI=1S/C26H23N5O3/c32-25(16-7-10-19-17(11-16)13-34-22-12-27-14-28-24(19)22)29-18-8-5-15(6-9-18)23-20-3-1-2-4-21(20)26(33)31-30-23/h1-4,7,10-12,14-15,18H,5-6,8-9,13H2,(H,29,32)(H,31,33)/t15-,18-. The van der Waals surface area contributed by atoms with E-state index in [1.54, 1.807) is 6.20 Å². The first-order chi connectivity index (χ1) is 16.7. The number of aromatic amines is 1. The van der Waals surface area contributed by atoms with Gasteiger partial charge in [-0.25, -0.2) is 15.1 Å². The molecular weight excluding hydrogens is 430 g/mol. The molecule has 8 nitrogen and oxygen atoms in total. The molecule has 34 heavy (non-hydrogen) atoms. The molecule has 4 aromatic rings. The second kappa shape index (κ2) is 8.37. The summed E-state index contributed by atoms with van der Waals surface area (Å²) >= 11 is 0. The first-order valence-electron chi connectivity index (χ1n) is 11.5. The van der Waals surface area contributed by atoms with Gasteiger partial charge in [-0.3, -0.25) is 9.59 Å². The van der Waals surface area contributed by atoms with E-state index >= 15 is 0 Å². The van der Waals surface area contributed by atoms with Gasteiger partial charge in [0.1, 0.15) is 18.6 Å². The second-order valence-electron chi connectivity index (χ2n) is 8.90. The number of nitrogens with one attached hydrogen (secondary N) is 2. The quantitative estimate of drug-likeness (QED) is 0.489. The Balaban J connectivity index is 1.14. The highest BCUT2D eigenvalue weighted by Crippen LogP contribution is 2.36. The van der Waals surface area contributed by atoms with Crippen LogP contribution in [0.4, 0.5) is 0 Å². The maximum absolute atomic E-state index is 13.0. The maximum Gasteiger partial charge on any atom is 0.272 e. The van der Waals surface area contributed by atoms with E-state index in [1.807, 2.05) is 42.5 Å². The minimum absolute atomic E-state index is 0.0765. The molecule has 2 aromatic heterocycles. The molecular formula is C26H23N5O3. The van der Waals surface area contributed by atoms with Gasteiger partial charge in [0, 0.05) is 28.5 Å². The van der Waals surface area contributed by atoms with E-state index < -0.39 is 0 Å². The number of benzene rings is 2. The Hall–Kier alpha value is -4.07. The van der Waals surface area contributed by atoms with Gasteiger partial charge in [0.15, 0.2) is 5.75 Å². The topological polar surface area (TPSA) is 110 Å².